The van der Waals surface area contributed by atoms with Crippen LogP contribution in [0.3, 0.4) is 0 Å². The smallest absolute Gasteiger partial charge is 0.342 e. The molecule has 2 unspecified atom stereocenters. The van der Waals surface area contributed by atoms with Gasteiger partial charge in [0.2, 0.25) is 0 Å². The van der Waals surface area contributed by atoms with Crippen LogP contribution in [0.1, 0.15) is 52.9 Å². The molecule has 5 heteroatoms. The molecule has 0 heterocycles. The second-order valence-electron chi connectivity index (χ2n) is 6.67. The van der Waals surface area contributed by atoms with Gasteiger partial charge >= 0.3 is 5.97 Å². The third-order valence-corrected chi connectivity index (χ3v) is 4.80. The maximum absolute atomic E-state index is 12.5. The van der Waals surface area contributed by atoms with Crippen molar-refractivity contribution in [2.75, 3.05) is 0 Å². The van der Waals surface area contributed by atoms with E-state index in [9.17, 15) is 14.7 Å². The second kappa shape index (κ2) is 7.60. The molecule has 2 N–H and O–H groups in total. The molecule has 0 spiro atoms. The molecule has 0 saturated heterocycles. The Morgan fingerprint density at radius 1 is 1.19 bits per heavy atom. The average molecular weight is 353 g/mol. The van der Waals surface area contributed by atoms with Crippen LogP contribution in [-0.2, 0) is 16.0 Å². The number of phenolic OH excluding ortho intramolecular Hbond substituents is 1. The maximum Gasteiger partial charge on any atom is 0.342 e. The number of phenols is 1. The molecular weight excluding hydrogens is 330 g/mol. The summed E-state index contributed by atoms with van der Waals surface area (Å²) in [5, 5.41) is 13.0. The summed E-state index contributed by atoms with van der Waals surface area (Å²) >= 11 is 0. The van der Waals surface area contributed by atoms with E-state index >= 15 is 0 Å². The zero-order valence-electron chi connectivity index (χ0n) is 15.0. The van der Waals surface area contributed by atoms with E-state index in [2.05, 4.69) is 11.4 Å². The van der Waals surface area contributed by atoms with E-state index in [1.54, 1.807) is 19.1 Å². The van der Waals surface area contributed by atoms with Crippen molar-refractivity contribution in [3.05, 3.63) is 64.7 Å². The third-order valence-electron chi connectivity index (χ3n) is 4.80. The summed E-state index contributed by atoms with van der Waals surface area (Å²) in [6, 6.07) is 12.8. The number of benzene rings is 2. The molecule has 1 aliphatic carbocycles. The van der Waals surface area contributed by atoms with Crippen LogP contribution in [0.2, 0.25) is 0 Å². The monoisotopic (exact) mass is 353 g/mol. The topological polar surface area (TPSA) is 75.6 Å². The largest absolute Gasteiger partial charge is 0.507 e. The lowest BCUT2D eigenvalue weighted by Crippen LogP contribution is -2.39. The van der Waals surface area contributed by atoms with E-state index in [-0.39, 0.29) is 23.3 Å². The molecule has 0 fully saturated rings. The standard InChI is InChI=1S/C21H23NO4/c1-13-7-5-11-17(19(13)23)21(25)26-14(2)20(24)22-18-12-6-9-15-8-3-4-10-16(15)18/h3-5,7-8,10-11,14,18,23H,6,9,12H2,1-2H3,(H,22,24). The highest BCUT2D eigenvalue weighted by Crippen LogP contribution is 2.29. The predicted molar refractivity (Wildman–Crippen MR) is 98.0 cm³/mol. The van der Waals surface area contributed by atoms with Gasteiger partial charge in [-0.3, -0.25) is 4.79 Å². The van der Waals surface area contributed by atoms with Crippen molar-refractivity contribution in [2.24, 2.45) is 0 Å². The van der Waals surface area contributed by atoms with Crippen LogP contribution >= 0.6 is 0 Å². The Balaban J connectivity index is 1.65. The zero-order chi connectivity index (χ0) is 18.7. The van der Waals surface area contributed by atoms with E-state index in [0.29, 0.717) is 5.56 Å². The predicted octanol–water partition coefficient (Wildman–Crippen LogP) is 3.44. The molecule has 26 heavy (non-hydrogen) atoms. The molecule has 0 saturated carbocycles. The minimum atomic E-state index is -0.948. The van der Waals surface area contributed by atoms with Crippen molar-refractivity contribution in [3.63, 3.8) is 0 Å². The Morgan fingerprint density at radius 2 is 1.96 bits per heavy atom. The van der Waals surface area contributed by atoms with Crippen molar-refractivity contribution in [1.82, 2.24) is 5.32 Å². The van der Waals surface area contributed by atoms with Gasteiger partial charge in [0.1, 0.15) is 11.3 Å². The number of carbonyl (C=O) groups excluding carboxylic acids is 2. The normalized spacial score (nSPS) is 17.1. The van der Waals surface area contributed by atoms with Gasteiger partial charge in [0.05, 0.1) is 6.04 Å². The highest BCUT2D eigenvalue weighted by Gasteiger charge is 2.26. The van der Waals surface area contributed by atoms with Crippen molar-refractivity contribution in [1.29, 1.82) is 0 Å². The van der Waals surface area contributed by atoms with Crippen LogP contribution in [0.15, 0.2) is 42.5 Å². The maximum atomic E-state index is 12.5. The molecule has 1 aliphatic rings. The van der Waals surface area contributed by atoms with Crippen LogP contribution < -0.4 is 5.32 Å². The molecule has 2 aromatic carbocycles. The molecule has 136 valence electrons. The van der Waals surface area contributed by atoms with Crippen molar-refractivity contribution in [3.8, 4) is 5.75 Å². The van der Waals surface area contributed by atoms with Gasteiger partial charge in [-0.05, 0) is 55.9 Å². The highest BCUT2D eigenvalue weighted by atomic mass is 16.5. The molecule has 3 rings (SSSR count). The fourth-order valence-corrected chi connectivity index (χ4v) is 3.29. The number of fused-ring (bicyclic) bond motifs is 1. The van der Waals surface area contributed by atoms with E-state index < -0.39 is 12.1 Å². The Hall–Kier alpha value is -2.82. The number of hydrogen-bond acceptors (Lipinski definition) is 4. The lowest BCUT2D eigenvalue weighted by molar-refractivity contribution is -0.130. The van der Waals surface area contributed by atoms with E-state index in [4.69, 9.17) is 4.74 Å². The Bertz CT molecular complexity index is 831. The van der Waals surface area contributed by atoms with Crippen LogP contribution in [0.5, 0.6) is 5.75 Å². The van der Waals surface area contributed by atoms with Gasteiger partial charge in [-0.25, -0.2) is 4.79 Å². The lowest BCUT2D eigenvalue weighted by Gasteiger charge is -2.27. The molecule has 0 bridgehead atoms. The zero-order valence-corrected chi connectivity index (χ0v) is 15.0. The molecule has 0 radical (unpaired) electrons. The number of nitrogens with one attached hydrogen (secondary N) is 1. The minimum absolute atomic E-state index is 0.0627. The minimum Gasteiger partial charge on any atom is -0.507 e. The van der Waals surface area contributed by atoms with Gasteiger partial charge in [-0.15, -0.1) is 0 Å². The summed E-state index contributed by atoms with van der Waals surface area (Å²) < 4.78 is 5.25. The lowest BCUT2D eigenvalue weighted by atomic mass is 9.87. The molecule has 5 nitrogen and oxygen atoms in total. The van der Waals surface area contributed by atoms with Crippen LogP contribution in [0, 0.1) is 6.92 Å². The molecule has 1 amide bonds. The number of ether oxygens (including phenoxy) is 1. The first-order chi connectivity index (χ1) is 12.5. The first-order valence-corrected chi connectivity index (χ1v) is 8.85. The van der Waals surface area contributed by atoms with Gasteiger partial charge in [-0.1, -0.05) is 36.4 Å². The van der Waals surface area contributed by atoms with E-state index in [1.165, 1.54) is 18.6 Å². The average Bonchev–Trinajstić information content (AvgIpc) is 2.64. The number of rotatable bonds is 4. The van der Waals surface area contributed by atoms with Gasteiger partial charge in [0.25, 0.3) is 5.91 Å². The van der Waals surface area contributed by atoms with Crippen LogP contribution in [0.4, 0.5) is 0 Å². The molecule has 0 aliphatic heterocycles. The fraction of sp³-hybridized carbons (Fsp3) is 0.333. The van der Waals surface area contributed by atoms with Crippen molar-refractivity contribution < 1.29 is 19.4 Å². The Labute approximate surface area is 153 Å². The molecule has 2 aromatic rings. The van der Waals surface area contributed by atoms with Crippen LogP contribution in [-0.4, -0.2) is 23.1 Å². The third kappa shape index (κ3) is 3.72. The first kappa shape index (κ1) is 18.0. The summed E-state index contributed by atoms with van der Waals surface area (Å²) in [5.74, 6) is -1.17. The summed E-state index contributed by atoms with van der Waals surface area (Å²) in [6.45, 7) is 3.23. The fourth-order valence-electron chi connectivity index (χ4n) is 3.29. The first-order valence-electron chi connectivity index (χ1n) is 8.85. The van der Waals surface area contributed by atoms with E-state index in [0.717, 1.165) is 24.8 Å². The summed E-state index contributed by atoms with van der Waals surface area (Å²) in [6.07, 6.45) is 1.94. The Morgan fingerprint density at radius 3 is 2.77 bits per heavy atom. The number of hydrogen-bond donors (Lipinski definition) is 2. The Kier molecular flexibility index (Phi) is 5.26. The molecular formula is C21H23NO4. The van der Waals surface area contributed by atoms with Gasteiger partial charge in [-0.2, -0.15) is 0 Å². The number of aromatic hydroxyl groups is 1. The molecule has 2 atom stereocenters. The number of para-hydroxylation sites is 1. The van der Waals surface area contributed by atoms with Gasteiger partial charge < -0.3 is 15.2 Å². The summed E-state index contributed by atoms with van der Waals surface area (Å²) in [7, 11) is 0. The number of esters is 1. The van der Waals surface area contributed by atoms with Crippen LogP contribution in [0.25, 0.3) is 0 Å². The summed E-state index contributed by atoms with van der Waals surface area (Å²) in [5.41, 5.74) is 3.02. The van der Waals surface area contributed by atoms with Crippen molar-refractivity contribution in [2.45, 2.75) is 45.3 Å². The number of aryl methyl sites for hydroxylation is 2. The number of carbonyl (C=O) groups is 2. The van der Waals surface area contributed by atoms with Gasteiger partial charge in [0.15, 0.2) is 6.10 Å². The number of amides is 1. The van der Waals surface area contributed by atoms with Crippen molar-refractivity contribution >= 4 is 11.9 Å². The summed E-state index contributed by atoms with van der Waals surface area (Å²) in [4.78, 5) is 24.7. The quantitative estimate of drug-likeness (QED) is 0.826. The molecule has 0 aromatic heterocycles. The SMILES string of the molecule is Cc1cccc(C(=O)OC(C)C(=O)NC2CCCc3ccccc32)c1O. The second-order valence-corrected chi connectivity index (χ2v) is 6.67. The van der Waals surface area contributed by atoms with E-state index in [1.807, 2.05) is 18.2 Å². The van der Waals surface area contributed by atoms with Gasteiger partial charge in [0, 0.05) is 0 Å². The highest BCUT2D eigenvalue weighted by molar-refractivity contribution is 5.95.